The molecule has 0 aromatic heterocycles. The minimum Gasteiger partial charge on any atom is -0.493 e. The van der Waals surface area contributed by atoms with Crippen LogP contribution in [-0.4, -0.2) is 41.6 Å². The molecule has 1 aliphatic heterocycles. The molecule has 30 heavy (non-hydrogen) atoms. The number of imide groups is 1. The lowest BCUT2D eigenvalue weighted by atomic mass is 10.1. The molecule has 0 unspecified atom stereocenters. The third-order valence-electron chi connectivity index (χ3n) is 4.15. The van der Waals surface area contributed by atoms with Crippen LogP contribution in [0.2, 0.25) is 0 Å². The molecule has 0 saturated carbocycles. The largest absolute Gasteiger partial charge is 0.493 e. The molecular weight excluding hydrogens is 463 g/mol. The number of nitrogens with zero attached hydrogens (tertiary/aromatic N) is 1. The number of hydrogen-bond acceptors (Lipinski definition) is 5. The number of amides is 3. The summed E-state index contributed by atoms with van der Waals surface area (Å²) in [5.74, 6) is -1.85. The van der Waals surface area contributed by atoms with E-state index in [1.807, 2.05) is 0 Å². The Hall–Kier alpha value is -3.40. The maximum atomic E-state index is 13.9. The molecule has 3 amide bonds. The molecular formula is C20H16BrFN2O6. The van der Waals surface area contributed by atoms with Crippen LogP contribution in [0, 0.1) is 5.82 Å². The first-order chi connectivity index (χ1) is 14.3. The molecule has 10 heteroatoms. The Bertz CT molecular complexity index is 1060. The second kappa shape index (κ2) is 8.95. The lowest BCUT2D eigenvalue weighted by Gasteiger charge is -2.13. The van der Waals surface area contributed by atoms with Gasteiger partial charge < -0.3 is 19.9 Å². The quantitative estimate of drug-likeness (QED) is 0.467. The fourth-order valence-electron chi connectivity index (χ4n) is 2.78. The predicted octanol–water partition coefficient (Wildman–Crippen LogP) is 3.15. The van der Waals surface area contributed by atoms with Crippen LogP contribution in [-0.2, 0) is 16.1 Å². The number of hydrogen-bond donors (Lipinski definition) is 2. The number of carbonyl (C=O) groups is 3. The highest BCUT2D eigenvalue weighted by molar-refractivity contribution is 9.10. The van der Waals surface area contributed by atoms with Gasteiger partial charge in [0, 0.05) is 5.56 Å². The zero-order valence-corrected chi connectivity index (χ0v) is 17.2. The normalized spacial score (nSPS) is 14.8. The first kappa shape index (κ1) is 21.3. The minimum absolute atomic E-state index is 0.00416. The van der Waals surface area contributed by atoms with Crippen LogP contribution in [0.5, 0.6) is 11.5 Å². The molecule has 0 spiro atoms. The molecule has 0 atom stereocenters. The van der Waals surface area contributed by atoms with Gasteiger partial charge in [0.05, 0.1) is 18.1 Å². The van der Waals surface area contributed by atoms with Gasteiger partial charge >= 0.3 is 12.0 Å². The van der Waals surface area contributed by atoms with Crippen molar-refractivity contribution in [1.29, 1.82) is 0 Å². The number of carbonyl (C=O) groups excluding carboxylic acids is 2. The van der Waals surface area contributed by atoms with E-state index >= 15 is 0 Å². The van der Waals surface area contributed by atoms with E-state index in [2.05, 4.69) is 21.2 Å². The van der Waals surface area contributed by atoms with Crippen LogP contribution in [0.15, 0.2) is 46.6 Å². The maximum Gasteiger partial charge on any atom is 0.341 e. The summed E-state index contributed by atoms with van der Waals surface area (Å²) >= 11 is 3.28. The molecule has 1 fully saturated rings. The number of carboxylic acids is 1. The zero-order valence-electron chi connectivity index (χ0n) is 15.6. The average molecular weight is 479 g/mol. The standard InChI is InChI=1S/C20H16BrFN2O6/c1-29-16-8-11(6-13(21)18(16)30-10-17(25)26)7-15-19(27)24(20(28)23-15)9-12-4-2-3-5-14(12)22/h2-8H,9-10H2,1H3,(H,23,28)(H,25,26)/b15-7+. The Morgan fingerprint density at radius 1 is 1.30 bits per heavy atom. The fourth-order valence-corrected chi connectivity index (χ4v) is 3.35. The molecule has 3 rings (SSSR count). The Balaban J connectivity index is 1.85. The van der Waals surface area contributed by atoms with Gasteiger partial charge in [0.15, 0.2) is 18.1 Å². The summed E-state index contributed by atoms with van der Waals surface area (Å²) in [7, 11) is 1.38. The SMILES string of the molecule is COc1cc(/C=C2/NC(=O)N(Cc3ccccc3F)C2=O)cc(Br)c1OCC(=O)O. The van der Waals surface area contributed by atoms with Crippen molar-refractivity contribution in [3.8, 4) is 11.5 Å². The lowest BCUT2D eigenvalue weighted by molar-refractivity contribution is -0.139. The number of aliphatic carboxylic acids is 1. The van der Waals surface area contributed by atoms with E-state index in [-0.39, 0.29) is 29.3 Å². The molecule has 8 nitrogen and oxygen atoms in total. The maximum absolute atomic E-state index is 13.9. The lowest BCUT2D eigenvalue weighted by Crippen LogP contribution is -2.30. The summed E-state index contributed by atoms with van der Waals surface area (Å²) in [4.78, 5) is 36.5. The predicted molar refractivity (Wildman–Crippen MR) is 107 cm³/mol. The summed E-state index contributed by atoms with van der Waals surface area (Å²) in [6.45, 7) is -0.765. The molecule has 2 aromatic rings. The van der Waals surface area contributed by atoms with Crippen molar-refractivity contribution < 1.29 is 33.4 Å². The van der Waals surface area contributed by atoms with Gasteiger partial charge in [-0.15, -0.1) is 0 Å². The number of urea groups is 1. The summed E-state index contributed by atoms with van der Waals surface area (Å²) in [6, 6.07) is 8.32. The number of methoxy groups -OCH3 is 1. The molecule has 2 aromatic carbocycles. The van der Waals surface area contributed by atoms with Gasteiger partial charge in [-0.05, 0) is 45.8 Å². The molecule has 1 aliphatic rings. The fraction of sp³-hybridized carbons (Fsp3) is 0.150. The van der Waals surface area contributed by atoms with Gasteiger partial charge in [0.2, 0.25) is 0 Å². The summed E-state index contributed by atoms with van der Waals surface area (Å²) in [5.41, 5.74) is 0.703. The van der Waals surface area contributed by atoms with E-state index in [9.17, 15) is 18.8 Å². The highest BCUT2D eigenvalue weighted by Crippen LogP contribution is 2.37. The number of halogens is 2. The van der Waals surface area contributed by atoms with Crippen LogP contribution in [0.4, 0.5) is 9.18 Å². The average Bonchev–Trinajstić information content (AvgIpc) is 2.95. The number of carboxylic acid groups (broad SMARTS) is 1. The monoisotopic (exact) mass is 478 g/mol. The van der Waals surface area contributed by atoms with Crippen LogP contribution in [0.25, 0.3) is 6.08 Å². The number of nitrogens with one attached hydrogen (secondary N) is 1. The third-order valence-corrected chi connectivity index (χ3v) is 4.74. The third kappa shape index (κ3) is 4.60. The van der Waals surface area contributed by atoms with Crippen LogP contribution >= 0.6 is 15.9 Å². The minimum atomic E-state index is -1.15. The number of benzene rings is 2. The van der Waals surface area contributed by atoms with E-state index < -0.39 is 30.3 Å². The van der Waals surface area contributed by atoms with Gasteiger partial charge in [-0.25, -0.2) is 14.0 Å². The van der Waals surface area contributed by atoms with Crippen molar-refractivity contribution >= 4 is 39.9 Å². The van der Waals surface area contributed by atoms with Gasteiger partial charge in [-0.1, -0.05) is 18.2 Å². The molecule has 0 aliphatic carbocycles. The van der Waals surface area contributed by atoms with Crippen molar-refractivity contribution in [2.24, 2.45) is 0 Å². The van der Waals surface area contributed by atoms with Crippen molar-refractivity contribution in [1.82, 2.24) is 10.2 Å². The van der Waals surface area contributed by atoms with E-state index in [1.165, 1.54) is 37.5 Å². The topological polar surface area (TPSA) is 105 Å². The van der Waals surface area contributed by atoms with Crippen LogP contribution in [0.3, 0.4) is 0 Å². The Morgan fingerprint density at radius 3 is 2.70 bits per heavy atom. The number of rotatable bonds is 7. The summed E-state index contributed by atoms with van der Waals surface area (Å²) < 4.78 is 24.7. The van der Waals surface area contributed by atoms with Crippen LogP contribution in [0.1, 0.15) is 11.1 Å². The van der Waals surface area contributed by atoms with E-state index in [4.69, 9.17) is 14.6 Å². The molecule has 1 heterocycles. The molecule has 0 bridgehead atoms. The summed E-state index contributed by atoms with van der Waals surface area (Å²) in [6.07, 6.45) is 1.43. The highest BCUT2D eigenvalue weighted by atomic mass is 79.9. The smallest absolute Gasteiger partial charge is 0.341 e. The second-order valence-corrected chi connectivity index (χ2v) is 7.04. The van der Waals surface area contributed by atoms with E-state index in [0.717, 1.165) is 4.90 Å². The molecule has 0 radical (unpaired) electrons. The van der Waals surface area contributed by atoms with Crippen molar-refractivity contribution in [3.05, 3.63) is 63.5 Å². The Morgan fingerprint density at radius 2 is 2.03 bits per heavy atom. The van der Waals surface area contributed by atoms with Gasteiger partial charge in [-0.2, -0.15) is 0 Å². The highest BCUT2D eigenvalue weighted by Gasteiger charge is 2.34. The zero-order chi connectivity index (χ0) is 21.8. The van der Waals surface area contributed by atoms with Crippen molar-refractivity contribution in [2.75, 3.05) is 13.7 Å². The van der Waals surface area contributed by atoms with E-state index in [1.54, 1.807) is 12.1 Å². The summed E-state index contributed by atoms with van der Waals surface area (Å²) in [5, 5.41) is 11.2. The first-order valence-corrected chi connectivity index (χ1v) is 9.39. The second-order valence-electron chi connectivity index (χ2n) is 6.19. The Labute approximate surface area is 179 Å². The molecule has 156 valence electrons. The molecule has 2 N–H and O–H groups in total. The molecule has 1 saturated heterocycles. The van der Waals surface area contributed by atoms with E-state index in [0.29, 0.717) is 10.0 Å². The first-order valence-electron chi connectivity index (χ1n) is 8.60. The number of ether oxygens (including phenoxy) is 2. The van der Waals surface area contributed by atoms with Gasteiger partial charge in [0.25, 0.3) is 5.91 Å². The van der Waals surface area contributed by atoms with Crippen LogP contribution < -0.4 is 14.8 Å². The van der Waals surface area contributed by atoms with Crippen molar-refractivity contribution in [2.45, 2.75) is 6.54 Å². The van der Waals surface area contributed by atoms with Gasteiger partial charge in [0.1, 0.15) is 11.5 Å². The van der Waals surface area contributed by atoms with Crippen molar-refractivity contribution in [3.63, 3.8) is 0 Å². The Kier molecular flexibility index (Phi) is 6.36. The van der Waals surface area contributed by atoms with Gasteiger partial charge in [-0.3, -0.25) is 9.69 Å².